The Kier molecular flexibility index (Phi) is 13.1. The molecule has 0 heterocycles. The van der Waals surface area contributed by atoms with E-state index in [1.54, 1.807) is 102 Å². The SMILES string of the molecule is Cc1ccc(S(=O)(=O)OC(CCC(=O)O)C(C([C@@H](C(=O)O)N(C(=O)OC(C)(C)C)C(=O)OC(C)(C)C)C(C)(C)C)C(C)(C)C)cc1. The Morgan fingerprint density at radius 1 is 0.739 bits per heavy atom. The van der Waals surface area contributed by atoms with Crippen LogP contribution in [0.15, 0.2) is 29.2 Å². The van der Waals surface area contributed by atoms with Crippen molar-refractivity contribution in [1.29, 1.82) is 0 Å². The first-order valence-electron chi connectivity index (χ1n) is 15.2. The first kappa shape index (κ1) is 40.8. The molecule has 1 aromatic rings. The molecule has 0 saturated carbocycles. The van der Waals surface area contributed by atoms with Crippen LogP contribution in [0, 0.1) is 29.6 Å². The van der Waals surface area contributed by atoms with Crippen molar-refractivity contribution >= 4 is 34.2 Å². The van der Waals surface area contributed by atoms with Gasteiger partial charge >= 0.3 is 24.1 Å². The van der Waals surface area contributed by atoms with Gasteiger partial charge in [-0.15, -0.1) is 0 Å². The van der Waals surface area contributed by atoms with E-state index in [1.807, 2.05) is 0 Å². The highest BCUT2D eigenvalue weighted by molar-refractivity contribution is 7.86. The van der Waals surface area contributed by atoms with Gasteiger partial charge in [0.25, 0.3) is 10.1 Å². The van der Waals surface area contributed by atoms with Crippen molar-refractivity contribution in [3.8, 4) is 0 Å². The molecular weight excluding hydrogens is 618 g/mol. The Balaban J connectivity index is 4.12. The highest BCUT2D eigenvalue weighted by Gasteiger charge is 2.55. The molecule has 1 rings (SSSR count). The summed E-state index contributed by atoms with van der Waals surface area (Å²) in [5.74, 6) is -5.10. The molecule has 4 atom stereocenters. The molecule has 262 valence electrons. The van der Waals surface area contributed by atoms with Gasteiger partial charge in [0.15, 0.2) is 0 Å². The Morgan fingerprint density at radius 2 is 1.15 bits per heavy atom. The van der Waals surface area contributed by atoms with Crippen LogP contribution in [-0.2, 0) is 33.4 Å². The molecule has 2 amide bonds. The number of benzene rings is 1. The number of aliphatic carboxylic acids is 2. The average Bonchev–Trinajstić information content (AvgIpc) is 2.80. The predicted molar refractivity (Wildman–Crippen MR) is 172 cm³/mol. The monoisotopic (exact) mass is 671 g/mol. The topological polar surface area (TPSA) is 174 Å². The second-order valence-electron chi connectivity index (χ2n) is 15.7. The Morgan fingerprint density at radius 3 is 1.48 bits per heavy atom. The highest BCUT2D eigenvalue weighted by Crippen LogP contribution is 2.49. The minimum atomic E-state index is -4.49. The van der Waals surface area contributed by atoms with Gasteiger partial charge in [-0.25, -0.2) is 14.4 Å². The highest BCUT2D eigenvalue weighted by atomic mass is 32.2. The second kappa shape index (κ2) is 14.7. The fourth-order valence-corrected chi connectivity index (χ4v) is 6.48. The van der Waals surface area contributed by atoms with E-state index in [9.17, 15) is 37.8 Å². The van der Waals surface area contributed by atoms with Crippen molar-refractivity contribution < 1.29 is 51.5 Å². The number of hydrogen-bond acceptors (Lipinski definition) is 9. The summed E-state index contributed by atoms with van der Waals surface area (Å²) in [4.78, 5) is 52.7. The van der Waals surface area contributed by atoms with Crippen LogP contribution in [0.1, 0.15) is 101 Å². The molecule has 2 N–H and O–H groups in total. The lowest BCUT2D eigenvalue weighted by atomic mass is 9.59. The lowest BCUT2D eigenvalue weighted by Gasteiger charge is -2.50. The lowest BCUT2D eigenvalue weighted by molar-refractivity contribution is -0.153. The van der Waals surface area contributed by atoms with Crippen molar-refractivity contribution in [3.05, 3.63) is 29.8 Å². The molecule has 0 aliphatic heterocycles. The van der Waals surface area contributed by atoms with Gasteiger partial charge in [0.2, 0.25) is 0 Å². The number of carbonyl (C=O) groups is 4. The molecular formula is C33H53NO11S. The van der Waals surface area contributed by atoms with E-state index in [0.29, 0.717) is 4.90 Å². The molecule has 0 saturated heterocycles. The second-order valence-corrected chi connectivity index (χ2v) is 17.3. The van der Waals surface area contributed by atoms with Gasteiger partial charge in [-0.3, -0.25) is 8.98 Å². The van der Waals surface area contributed by atoms with Crippen LogP contribution in [-0.4, -0.2) is 71.0 Å². The predicted octanol–water partition coefficient (Wildman–Crippen LogP) is 6.88. The van der Waals surface area contributed by atoms with E-state index < -0.39 is 86.7 Å². The first-order valence-corrected chi connectivity index (χ1v) is 16.6. The Bertz CT molecular complexity index is 1310. The van der Waals surface area contributed by atoms with Gasteiger partial charge < -0.3 is 19.7 Å². The molecule has 46 heavy (non-hydrogen) atoms. The lowest BCUT2D eigenvalue weighted by Crippen LogP contribution is -2.61. The zero-order valence-corrected chi connectivity index (χ0v) is 30.3. The van der Waals surface area contributed by atoms with Crippen LogP contribution in [0.4, 0.5) is 9.59 Å². The molecule has 3 unspecified atom stereocenters. The van der Waals surface area contributed by atoms with E-state index in [0.717, 1.165) is 5.56 Å². The maximum atomic E-state index is 13.7. The van der Waals surface area contributed by atoms with E-state index >= 15 is 0 Å². The number of carbonyl (C=O) groups excluding carboxylic acids is 2. The van der Waals surface area contributed by atoms with Crippen LogP contribution in [0.25, 0.3) is 0 Å². The third-order valence-corrected chi connectivity index (χ3v) is 8.39. The number of imide groups is 1. The van der Waals surface area contributed by atoms with Crippen LogP contribution < -0.4 is 0 Å². The summed E-state index contributed by atoms with van der Waals surface area (Å²) in [6, 6.07) is 3.94. The molecule has 13 heteroatoms. The summed E-state index contributed by atoms with van der Waals surface area (Å²) >= 11 is 0. The third-order valence-electron chi connectivity index (χ3n) is 7.04. The Hall–Kier alpha value is -3.19. The molecule has 0 aliphatic rings. The minimum absolute atomic E-state index is 0.169. The van der Waals surface area contributed by atoms with Gasteiger partial charge in [0.05, 0.1) is 11.0 Å². The van der Waals surface area contributed by atoms with Crippen molar-refractivity contribution in [2.45, 2.75) is 131 Å². The molecule has 0 aliphatic carbocycles. The number of rotatable bonds is 11. The standard InChI is InChI=1S/C33H53NO11S/c1-20-14-16-21(17-15-20)46(41,42)45-22(18-19-23(35)36)24(30(2,3)4)25(31(5,6)7)26(27(37)38)34(28(39)43-32(8,9)10)29(40)44-33(11,12)13/h14-17,22,24-26H,18-19H2,1-13H3,(H,35,36)(H,37,38)/t22?,24?,25?,26-/m0/s1. The normalized spacial score (nSPS) is 15.7. The summed E-state index contributed by atoms with van der Waals surface area (Å²) in [5, 5.41) is 20.4. The van der Waals surface area contributed by atoms with E-state index in [4.69, 9.17) is 13.7 Å². The quantitative estimate of drug-likeness (QED) is 0.235. The van der Waals surface area contributed by atoms with Crippen molar-refractivity contribution in [3.63, 3.8) is 0 Å². The third kappa shape index (κ3) is 12.2. The molecule has 12 nitrogen and oxygen atoms in total. The average molecular weight is 672 g/mol. The van der Waals surface area contributed by atoms with Crippen molar-refractivity contribution in [2.75, 3.05) is 0 Å². The number of amides is 2. The van der Waals surface area contributed by atoms with E-state index in [2.05, 4.69) is 0 Å². The van der Waals surface area contributed by atoms with E-state index in [-0.39, 0.29) is 11.3 Å². The summed E-state index contributed by atoms with van der Waals surface area (Å²) in [5.41, 5.74) is -3.48. The maximum Gasteiger partial charge on any atom is 0.420 e. The first-order chi connectivity index (χ1) is 20.5. The number of ether oxygens (including phenoxy) is 2. The molecule has 0 aromatic heterocycles. The zero-order chi connectivity index (χ0) is 36.2. The van der Waals surface area contributed by atoms with Crippen LogP contribution >= 0.6 is 0 Å². The molecule has 0 bridgehead atoms. The van der Waals surface area contributed by atoms with Gasteiger partial charge in [0.1, 0.15) is 17.2 Å². The summed E-state index contributed by atoms with van der Waals surface area (Å²) in [6.07, 6.45) is -4.76. The summed E-state index contributed by atoms with van der Waals surface area (Å²) in [7, 11) is -4.49. The van der Waals surface area contributed by atoms with Crippen LogP contribution in [0.3, 0.4) is 0 Å². The molecule has 1 aromatic carbocycles. The van der Waals surface area contributed by atoms with Gasteiger partial charge in [-0.1, -0.05) is 59.2 Å². The summed E-state index contributed by atoms with van der Waals surface area (Å²) in [6.45, 7) is 21.4. The van der Waals surface area contributed by atoms with Crippen LogP contribution in [0.2, 0.25) is 0 Å². The van der Waals surface area contributed by atoms with E-state index in [1.165, 1.54) is 12.1 Å². The number of carboxylic acid groups (broad SMARTS) is 2. The molecule has 0 spiro atoms. The fourth-order valence-electron chi connectivity index (χ4n) is 5.36. The number of carboxylic acids is 2. The number of nitrogens with zero attached hydrogens (tertiary/aromatic N) is 1. The van der Waals surface area contributed by atoms with Crippen molar-refractivity contribution in [2.24, 2.45) is 22.7 Å². The molecule has 0 fully saturated rings. The number of aryl methyl sites for hydroxylation is 1. The van der Waals surface area contributed by atoms with Gasteiger partial charge in [0, 0.05) is 12.3 Å². The smallest absolute Gasteiger partial charge is 0.420 e. The van der Waals surface area contributed by atoms with Crippen LogP contribution in [0.5, 0.6) is 0 Å². The fraction of sp³-hybridized carbons (Fsp3) is 0.697. The maximum absolute atomic E-state index is 13.7. The summed E-state index contributed by atoms with van der Waals surface area (Å²) < 4.78 is 44.1. The minimum Gasteiger partial charge on any atom is -0.481 e. The van der Waals surface area contributed by atoms with Gasteiger partial charge in [-0.05, 0) is 83.8 Å². The van der Waals surface area contributed by atoms with Gasteiger partial charge in [-0.2, -0.15) is 13.3 Å². The zero-order valence-electron chi connectivity index (χ0n) is 29.5. The largest absolute Gasteiger partial charge is 0.481 e. The van der Waals surface area contributed by atoms with Crippen molar-refractivity contribution in [1.82, 2.24) is 4.90 Å². The number of hydrogen-bond donors (Lipinski definition) is 2. The molecule has 0 radical (unpaired) electrons. The Labute approximate surface area is 273 Å².